The lowest BCUT2D eigenvalue weighted by molar-refractivity contribution is 0.0144. The molecule has 0 aliphatic carbocycles. The lowest BCUT2D eigenvalue weighted by Gasteiger charge is -2.40. The van der Waals surface area contributed by atoms with Crippen molar-refractivity contribution >= 4 is 0 Å². The number of rotatable bonds is 6. The highest BCUT2D eigenvalue weighted by atomic mass is 16.5. The average molecular weight is 279 g/mol. The topological polar surface area (TPSA) is 61.7 Å². The molecule has 0 aromatic heterocycles. The fourth-order valence-corrected chi connectivity index (χ4v) is 2.89. The van der Waals surface area contributed by atoms with Gasteiger partial charge in [0.15, 0.2) is 0 Å². The van der Waals surface area contributed by atoms with Crippen LogP contribution in [0.3, 0.4) is 0 Å². The van der Waals surface area contributed by atoms with Crippen LogP contribution in [0.15, 0.2) is 30.3 Å². The Morgan fingerprint density at radius 1 is 1.15 bits per heavy atom. The first-order valence-electron chi connectivity index (χ1n) is 7.34. The van der Waals surface area contributed by atoms with Crippen LogP contribution in [0.1, 0.15) is 18.9 Å². The van der Waals surface area contributed by atoms with Gasteiger partial charge in [0.25, 0.3) is 0 Å². The van der Waals surface area contributed by atoms with E-state index < -0.39 is 0 Å². The van der Waals surface area contributed by atoms with Crippen molar-refractivity contribution in [2.75, 3.05) is 19.8 Å². The van der Waals surface area contributed by atoms with Gasteiger partial charge in [-0.15, -0.1) is 0 Å². The van der Waals surface area contributed by atoms with E-state index in [0.29, 0.717) is 13.2 Å². The molecule has 1 aliphatic heterocycles. The summed E-state index contributed by atoms with van der Waals surface area (Å²) in [6, 6.07) is 10.4. The highest BCUT2D eigenvalue weighted by Gasteiger charge is 2.33. The molecule has 1 heterocycles. The smallest absolute Gasteiger partial charge is 0.0717 e. The third-order valence-electron chi connectivity index (χ3n) is 4.23. The standard InChI is InChI=1S/C16H25NO3/c1-12-14(8-18)7-15(16(9-19)17-12)11-20-10-13-5-3-2-4-6-13/h2-6,12,14-19H,7-11H2,1H3/t12-,14+,15-,16+/m1/s1. The number of aliphatic hydroxyl groups excluding tert-OH is 2. The summed E-state index contributed by atoms with van der Waals surface area (Å²) < 4.78 is 5.79. The number of hydrogen-bond donors (Lipinski definition) is 3. The normalized spacial score (nSPS) is 30.4. The van der Waals surface area contributed by atoms with Gasteiger partial charge in [0.1, 0.15) is 0 Å². The van der Waals surface area contributed by atoms with Gasteiger partial charge in [-0.05, 0) is 24.8 Å². The van der Waals surface area contributed by atoms with Gasteiger partial charge in [-0.25, -0.2) is 0 Å². The van der Waals surface area contributed by atoms with E-state index in [1.54, 1.807) is 0 Å². The fraction of sp³-hybridized carbons (Fsp3) is 0.625. The first kappa shape index (κ1) is 15.4. The second-order valence-corrected chi connectivity index (χ2v) is 5.68. The van der Waals surface area contributed by atoms with Gasteiger partial charge in [-0.2, -0.15) is 0 Å². The zero-order chi connectivity index (χ0) is 14.4. The van der Waals surface area contributed by atoms with Gasteiger partial charge in [-0.1, -0.05) is 30.3 Å². The van der Waals surface area contributed by atoms with Gasteiger partial charge in [0.2, 0.25) is 0 Å². The Kier molecular flexibility index (Phi) is 5.98. The summed E-state index contributed by atoms with van der Waals surface area (Å²) in [5.41, 5.74) is 1.16. The maximum Gasteiger partial charge on any atom is 0.0717 e. The van der Waals surface area contributed by atoms with Crippen LogP contribution in [0.2, 0.25) is 0 Å². The SMILES string of the molecule is C[C@H]1N[C@@H](CO)[C@@H](COCc2ccccc2)C[C@H]1CO. The van der Waals surface area contributed by atoms with Gasteiger partial charge in [0, 0.05) is 24.6 Å². The Morgan fingerprint density at radius 2 is 1.90 bits per heavy atom. The Labute approximate surface area is 120 Å². The van der Waals surface area contributed by atoms with Crippen molar-refractivity contribution in [2.45, 2.75) is 32.0 Å². The molecule has 0 unspecified atom stereocenters. The second-order valence-electron chi connectivity index (χ2n) is 5.68. The van der Waals surface area contributed by atoms with Crippen LogP contribution >= 0.6 is 0 Å². The van der Waals surface area contributed by atoms with Crippen LogP contribution in [0.4, 0.5) is 0 Å². The minimum atomic E-state index is 0.0589. The maximum atomic E-state index is 9.47. The molecule has 3 N–H and O–H groups in total. The highest BCUT2D eigenvalue weighted by molar-refractivity contribution is 5.13. The molecule has 4 nitrogen and oxygen atoms in total. The first-order chi connectivity index (χ1) is 9.74. The predicted molar refractivity (Wildman–Crippen MR) is 78.3 cm³/mol. The summed E-state index contributed by atoms with van der Waals surface area (Å²) in [6.07, 6.45) is 0.894. The summed E-state index contributed by atoms with van der Waals surface area (Å²) in [5, 5.41) is 22.2. The number of nitrogens with one attached hydrogen (secondary N) is 1. The highest BCUT2D eigenvalue weighted by Crippen LogP contribution is 2.25. The summed E-state index contributed by atoms with van der Waals surface area (Å²) >= 11 is 0. The summed E-state index contributed by atoms with van der Waals surface area (Å²) in [6.45, 7) is 3.55. The summed E-state index contributed by atoms with van der Waals surface area (Å²) in [4.78, 5) is 0. The summed E-state index contributed by atoms with van der Waals surface area (Å²) in [5.74, 6) is 0.486. The van der Waals surface area contributed by atoms with Gasteiger partial charge < -0.3 is 20.3 Å². The Bertz CT molecular complexity index is 385. The first-order valence-corrected chi connectivity index (χ1v) is 7.34. The monoisotopic (exact) mass is 279 g/mol. The molecule has 1 aliphatic rings. The molecule has 1 aromatic rings. The summed E-state index contributed by atoms with van der Waals surface area (Å²) in [7, 11) is 0. The molecular formula is C16H25NO3. The van der Waals surface area contributed by atoms with Crippen molar-refractivity contribution in [3.63, 3.8) is 0 Å². The molecular weight excluding hydrogens is 254 g/mol. The predicted octanol–water partition coefficient (Wildman–Crippen LogP) is 1.17. The number of ether oxygens (including phenoxy) is 1. The average Bonchev–Trinajstić information content (AvgIpc) is 2.49. The largest absolute Gasteiger partial charge is 0.396 e. The van der Waals surface area contributed by atoms with E-state index in [4.69, 9.17) is 4.74 Å². The minimum absolute atomic E-state index is 0.0589. The quantitative estimate of drug-likeness (QED) is 0.731. The molecule has 1 aromatic carbocycles. The zero-order valence-corrected chi connectivity index (χ0v) is 12.0. The van der Waals surface area contributed by atoms with Crippen LogP contribution in [-0.2, 0) is 11.3 Å². The second kappa shape index (κ2) is 7.74. The van der Waals surface area contributed by atoms with Gasteiger partial charge in [-0.3, -0.25) is 0 Å². The Balaban J connectivity index is 1.83. The molecule has 1 fully saturated rings. The minimum Gasteiger partial charge on any atom is -0.396 e. The van der Waals surface area contributed by atoms with Crippen LogP contribution < -0.4 is 5.32 Å². The lowest BCUT2D eigenvalue weighted by Crippen LogP contribution is -2.54. The van der Waals surface area contributed by atoms with Crippen molar-refractivity contribution in [2.24, 2.45) is 11.8 Å². The number of hydrogen-bond acceptors (Lipinski definition) is 4. The molecule has 0 bridgehead atoms. The van der Waals surface area contributed by atoms with E-state index in [1.165, 1.54) is 0 Å². The third kappa shape index (κ3) is 4.03. The van der Waals surface area contributed by atoms with E-state index in [9.17, 15) is 10.2 Å². The molecule has 0 radical (unpaired) electrons. The van der Waals surface area contributed by atoms with E-state index in [0.717, 1.165) is 12.0 Å². The Morgan fingerprint density at radius 3 is 2.55 bits per heavy atom. The van der Waals surface area contributed by atoms with Crippen LogP contribution in [0, 0.1) is 11.8 Å². The Hall–Kier alpha value is -0.940. The van der Waals surface area contributed by atoms with Crippen molar-refractivity contribution in [1.29, 1.82) is 0 Å². The molecule has 2 rings (SSSR count). The molecule has 0 spiro atoms. The van der Waals surface area contributed by atoms with E-state index in [-0.39, 0.29) is 37.1 Å². The molecule has 20 heavy (non-hydrogen) atoms. The fourth-order valence-electron chi connectivity index (χ4n) is 2.89. The molecule has 4 heteroatoms. The van der Waals surface area contributed by atoms with E-state index in [2.05, 4.69) is 12.2 Å². The van der Waals surface area contributed by atoms with Crippen LogP contribution in [-0.4, -0.2) is 42.1 Å². The zero-order valence-electron chi connectivity index (χ0n) is 12.0. The van der Waals surface area contributed by atoms with Crippen molar-refractivity contribution in [3.8, 4) is 0 Å². The molecule has 4 atom stereocenters. The van der Waals surface area contributed by atoms with Crippen LogP contribution in [0.25, 0.3) is 0 Å². The van der Waals surface area contributed by atoms with Crippen molar-refractivity contribution < 1.29 is 14.9 Å². The van der Waals surface area contributed by atoms with Crippen LogP contribution in [0.5, 0.6) is 0 Å². The number of aliphatic hydroxyl groups is 2. The molecule has 112 valence electrons. The van der Waals surface area contributed by atoms with E-state index in [1.807, 2.05) is 30.3 Å². The van der Waals surface area contributed by atoms with Gasteiger partial charge in [0.05, 0.1) is 19.8 Å². The molecule has 0 amide bonds. The van der Waals surface area contributed by atoms with Gasteiger partial charge >= 0.3 is 0 Å². The number of benzene rings is 1. The molecule has 1 saturated heterocycles. The lowest BCUT2D eigenvalue weighted by atomic mass is 9.81. The maximum absolute atomic E-state index is 9.47. The van der Waals surface area contributed by atoms with Crippen molar-refractivity contribution in [1.82, 2.24) is 5.32 Å². The molecule has 0 saturated carbocycles. The number of piperidine rings is 1. The van der Waals surface area contributed by atoms with E-state index >= 15 is 0 Å². The van der Waals surface area contributed by atoms with Crippen molar-refractivity contribution in [3.05, 3.63) is 35.9 Å². The third-order valence-corrected chi connectivity index (χ3v) is 4.23.